The first-order valence-electron chi connectivity index (χ1n) is 11.0. The highest BCUT2D eigenvalue weighted by Gasteiger charge is 2.21. The van der Waals surface area contributed by atoms with Crippen LogP contribution in [-0.2, 0) is 11.3 Å². The Kier molecular flexibility index (Phi) is 6.55. The van der Waals surface area contributed by atoms with Gasteiger partial charge in [0.15, 0.2) is 0 Å². The van der Waals surface area contributed by atoms with Crippen LogP contribution < -0.4 is 10.9 Å². The van der Waals surface area contributed by atoms with Gasteiger partial charge in [-0.2, -0.15) is 0 Å². The number of fused-ring (bicyclic) bond motifs is 1. The number of nitrogens with one attached hydrogen (secondary N) is 2. The molecule has 4 heterocycles. The van der Waals surface area contributed by atoms with Crippen molar-refractivity contribution in [3.63, 3.8) is 0 Å². The summed E-state index contributed by atoms with van der Waals surface area (Å²) < 4.78 is 13.3. The molecule has 1 fully saturated rings. The van der Waals surface area contributed by atoms with Crippen LogP contribution >= 0.6 is 22.7 Å². The molecule has 5 rings (SSSR count). The molecule has 2 N–H and O–H groups in total. The van der Waals surface area contributed by atoms with Gasteiger partial charge in [-0.15, -0.1) is 22.7 Å². The van der Waals surface area contributed by atoms with Crippen LogP contribution in [0, 0.1) is 12.7 Å². The third kappa shape index (κ3) is 5.10. The van der Waals surface area contributed by atoms with Crippen molar-refractivity contribution in [3.05, 3.63) is 68.7 Å². The summed E-state index contributed by atoms with van der Waals surface area (Å²) in [4.78, 5) is 40.2. The Morgan fingerprint density at radius 2 is 1.97 bits per heavy atom. The van der Waals surface area contributed by atoms with Crippen LogP contribution in [0.1, 0.15) is 10.7 Å². The first-order chi connectivity index (χ1) is 16.4. The van der Waals surface area contributed by atoms with E-state index in [1.54, 1.807) is 23.5 Å². The number of carbonyl (C=O) groups is 1. The van der Waals surface area contributed by atoms with Crippen LogP contribution in [0.15, 0.2) is 46.6 Å². The normalized spacial score (nSPS) is 15.1. The van der Waals surface area contributed by atoms with E-state index in [0.29, 0.717) is 23.4 Å². The van der Waals surface area contributed by atoms with Gasteiger partial charge in [0.2, 0.25) is 5.91 Å². The van der Waals surface area contributed by atoms with Crippen molar-refractivity contribution in [2.45, 2.75) is 13.5 Å². The van der Waals surface area contributed by atoms with E-state index in [-0.39, 0.29) is 23.8 Å². The summed E-state index contributed by atoms with van der Waals surface area (Å²) in [6.07, 6.45) is 0. The van der Waals surface area contributed by atoms with E-state index in [0.717, 1.165) is 41.5 Å². The molecule has 1 aromatic carbocycles. The molecule has 10 heteroatoms. The maximum Gasteiger partial charge on any atom is 0.260 e. The zero-order valence-corrected chi connectivity index (χ0v) is 20.3. The second kappa shape index (κ2) is 9.75. The predicted octanol–water partition coefficient (Wildman–Crippen LogP) is 3.92. The van der Waals surface area contributed by atoms with Gasteiger partial charge in [-0.3, -0.25) is 19.4 Å². The Balaban J connectivity index is 1.18. The lowest BCUT2D eigenvalue weighted by atomic mass is 10.2. The maximum absolute atomic E-state index is 13.3. The summed E-state index contributed by atoms with van der Waals surface area (Å²) in [5, 5.41) is 5.40. The molecule has 7 nitrogen and oxygen atoms in total. The number of nitrogens with zero attached hydrogens (tertiary/aromatic N) is 3. The topological polar surface area (TPSA) is 81.3 Å². The highest BCUT2D eigenvalue weighted by molar-refractivity contribution is 7.19. The fraction of sp³-hybridized carbons (Fsp3) is 0.292. The number of anilines is 1. The minimum Gasteiger partial charge on any atom is -0.325 e. The van der Waals surface area contributed by atoms with Gasteiger partial charge in [0, 0.05) is 52.6 Å². The van der Waals surface area contributed by atoms with Crippen molar-refractivity contribution in [2.24, 2.45) is 0 Å². The zero-order chi connectivity index (χ0) is 23.7. The van der Waals surface area contributed by atoms with E-state index in [4.69, 9.17) is 4.98 Å². The quantitative estimate of drug-likeness (QED) is 0.422. The molecule has 176 valence electrons. The summed E-state index contributed by atoms with van der Waals surface area (Å²) in [6.45, 7) is 5.84. The van der Waals surface area contributed by atoms with Crippen molar-refractivity contribution in [1.29, 1.82) is 0 Å². The highest BCUT2D eigenvalue weighted by Crippen LogP contribution is 2.35. The number of aromatic nitrogens is 2. The van der Waals surface area contributed by atoms with Crippen LogP contribution in [0.4, 0.5) is 10.1 Å². The van der Waals surface area contributed by atoms with Crippen molar-refractivity contribution >= 4 is 44.5 Å². The lowest BCUT2D eigenvalue weighted by Gasteiger charge is -2.33. The number of benzene rings is 1. The van der Waals surface area contributed by atoms with Gasteiger partial charge in [-0.25, -0.2) is 9.37 Å². The molecule has 1 aliphatic heterocycles. The smallest absolute Gasteiger partial charge is 0.260 e. The number of thiophene rings is 2. The number of aryl methyl sites for hydroxylation is 1. The first-order valence-corrected chi connectivity index (χ1v) is 12.7. The van der Waals surface area contributed by atoms with Gasteiger partial charge in [0.05, 0.1) is 18.5 Å². The Morgan fingerprint density at radius 1 is 1.18 bits per heavy atom. The van der Waals surface area contributed by atoms with E-state index in [1.165, 1.54) is 28.3 Å². The molecular weight excluding hydrogens is 473 g/mol. The number of halogens is 1. The monoisotopic (exact) mass is 497 g/mol. The molecule has 1 aliphatic rings. The van der Waals surface area contributed by atoms with Crippen LogP contribution in [0.3, 0.4) is 0 Å². The maximum atomic E-state index is 13.3. The second-order valence-electron chi connectivity index (χ2n) is 8.36. The zero-order valence-electron chi connectivity index (χ0n) is 18.6. The minimum atomic E-state index is -0.378. The summed E-state index contributed by atoms with van der Waals surface area (Å²) in [5.41, 5.74) is 1.30. The summed E-state index contributed by atoms with van der Waals surface area (Å²) in [6, 6.07) is 9.99. The fourth-order valence-corrected chi connectivity index (χ4v) is 6.04. The number of hydrogen-bond acceptors (Lipinski definition) is 7. The Morgan fingerprint density at radius 3 is 2.71 bits per heavy atom. The van der Waals surface area contributed by atoms with Crippen LogP contribution in [0.2, 0.25) is 0 Å². The third-order valence-corrected chi connectivity index (χ3v) is 7.72. The van der Waals surface area contributed by atoms with Gasteiger partial charge >= 0.3 is 0 Å². The highest BCUT2D eigenvalue weighted by atomic mass is 32.1. The van der Waals surface area contributed by atoms with Crippen molar-refractivity contribution in [1.82, 2.24) is 19.8 Å². The van der Waals surface area contributed by atoms with E-state index in [1.807, 2.05) is 11.4 Å². The van der Waals surface area contributed by atoms with Gasteiger partial charge in [0.25, 0.3) is 5.56 Å². The van der Waals surface area contributed by atoms with Gasteiger partial charge in [-0.05, 0) is 37.3 Å². The number of rotatable bonds is 6. The fourth-order valence-electron chi connectivity index (χ4n) is 4.12. The molecule has 1 saturated heterocycles. The number of aromatic amines is 1. The number of amides is 1. The van der Waals surface area contributed by atoms with Crippen molar-refractivity contribution in [2.75, 3.05) is 38.0 Å². The second-order valence-corrected chi connectivity index (χ2v) is 10.5. The molecule has 0 bridgehead atoms. The molecule has 34 heavy (non-hydrogen) atoms. The summed E-state index contributed by atoms with van der Waals surface area (Å²) in [7, 11) is 0. The molecule has 3 aromatic heterocycles. The number of H-pyrrole nitrogens is 1. The Bertz CT molecular complexity index is 1390. The largest absolute Gasteiger partial charge is 0.325 e. The lowest BCUT2D eigenvalue weighted by Crippen LogP contribution is -2.48. The third-order valence-electron chi connectivity index (χ3n) is 5.81. The SMILES string of the molecule is Cc1ccc(-c2csc3nc(CN4CCN(CC(=O)Nc5cccc(F)c5)CC4)[nH]c(=O)c23)s1. The van der Waals surface area contributed by atoms with Crippen LogP contribution in [0.25, 0.3) is 20.7 Å². The molecular formula is C24H24FN5O2S2. The first kappa shape index (κ1) is 22.9. The molecule has 4 aromatic rings. The molecule has 1 amide bonds. The molecule has 0 saturated carbocycles. The van der Waals surface area contributed by atoms with E-state index < -0.39 is 0 Å². The van der Waals surface area contributed by atoms with E-state index >= 15 is 0 Å². The Labute approximate surface area is 203 Å². The standard InChI is InChI=1S/C24H24FN5O2S2/c1-15-5-6-19(34-15)18-14-33-24-22(18)23(32)27-20(28-24)12-29-7-9-30(10-8-29)13-21(31)26-17-4-2-3-16(25)11-17/h2-6,11,14H,7-10,12-13H2,1H3,(H,26,31)(H,27,28,32). The molecule has 0 unspecified atom stereocenters. The predicted molar refractivity (Wildman–Crippen MR) is 135 cm³/mol. The minimum absolute atomic E-state index is 0.102. The van der Waals surface area contributed by atoms with Crippen molar-refractivity contribution < 1.29 is 9.18 Å². The number of hydrogen-bond donors (Lipinski definition) is 2. The van der Waals surface area contributed by atoms with Gasteiger partial charge in [-0.1, -0.05) is 6.07 Å². The van der Waals surface area contributed by atoms with Crippen LogP contribution in [-0.4, -0.2) is 58.4 Å². The van der Waals surface area contributed by atoms with Gasteiger partial charge in [0.1, 0.15) is 16.5 Å². The average molecular weight is 498 g/mol. The summed E-state index contributed by atoms with van der Waals surface area (Å²) >= 11 is 3.17. The molecule has 0 atom stereocenters. The summed E-state index contributed by atoms with van der Waals surface area (Å²) in [5.74, 6) is 0.118. The molecule has 0 radical (unpaired) electrons. The molecule has 0 aliphatic carbocycles. The lowest BCUT2D eigenvalue weighted by molar-refractivity contribution is -0.117. The van der Waals surface area contributed by atoms with Gasteiger partial charge < -0.3 is 10.3 Å². The molecule has 0 spiro atoms. The Hall–Kier alpha value is -2.92. The van der Waals surface area contributed by atoms with E-state index in [9.17, 15) is 14.0 Å². The average Bonchev–Trinajstić information content (AvgIpc) is 3.41. The van der Waals surface area contributed by atoms with Crippen molar-refractivity contribution in [3.8, 4) is 10.4 Å². The number of carbonyl (C=O) groups excluding carboxylic acids is 1. The van der Waals surface area contributed by atoms with E-state index in [2.05, 4.69) is 33.1 Å². The number of piperazine rings is 1. The van der Waals surface area contributed by atoms with Crippen LogP contribution in [0.5, 0.6) is 0 Å².